The van der Waals surface area contributed by atoms with E-state index in [2.05, 4.69) is 20.6 Å². The zero-order valence-electron chi connectivity index (χ0n) is 4.37. The zero-order valence-corrected chi connectivity index (χ0v) is 4.37. The molecule has 40 valence electrons. The van der Waals surface area contributed by atoms with Crippen LogP contribution in [0, 0.1) is 11.2 Å². The molecule has 0 amide bonds. The first-order valence-electron chi connectivity index (χ1n) is 1.89. The second kappa shape index (κ2) is 5.62. The van der Waals surface area contributed by atoms with E-state index in [0.717, 1.165) is 0 Å². The topological polar surface area (TPSA) is 78.2 Å². The van der Waals surface area contributed by atoms with Gasteiger partial charge >= 0.3 is 0 Å². The molecule has 0 atom stereocenters. The molecule has 0 spiro atoms. The third-order valence-corrected chi connectivity index (χ3v) is 0.270. The summed E-state index contributed by atoms with van der Waals surface area (Å²) in [6.45, 7) is 0. The minimum Gasteiger partial charge on any atom is -0.246 e. The van der Waals surface area contributed by atoms with Crippen LogP contribution in [0.4, 0.5) is 0 Å². The molecular formula is C2H4BN5. The van der Waals surface area contributed by atoms with Gasteiger partial charge in [-0.3, -0.25) is 0 Å². The molecule has 0 bridgehead atoms. The Labute approximate surface area is 47.1 Å². The molecule has 0 saturated heterocycles. The number of aromatic amines is 1. The molecule has 6 heteroatoms. The summed E-state index contributed by atoms with van der Waals surface area (Å²) >= 11 is 0. The molecule has 0 saturated carbocycles. The van der Waals surface area contributed by atoms with Crippen LogP contribution < -0.4 is 0 Å². The van der Waals surface area contributed by atoms with Crippen LogP contribution >= 0.6 is 0 Å². The molecule has 1 N–H and O–H groups in total. The Bertz CT molecular complexity index is 123. The first-order valence-corrected chi connectivity index (χ1v) is 1.89. The van der Waals surface area contributed by atoms with E-state index in [1.807, 2.05) is 0 Å². The monoisotopic (exact) mass is 109 g/mol. The Balaban J connectivity index is 0.000000145. The maximum atomic E-state index is 7.32. The Morgan fingerprint density at radius 3 is 2.50 bits per heavy atom. The van der Waals surface area contributed by atoms with E-state index in [4.69, 9.17) is 5.26 Å². The third kappa shape index (κ3) is 4.62. The normalized spacial score (nSPS) is 5.88. The smallest absolute Gasteiger partial charge is 0.232 e. The first-order chi connectivity index (χ1) is 3.91. The van der Waals surface area contributed by atoms with Gasteiger partial charge in [0.15, 0.2) is 0 Å². The summed E-state index contributed by atoms with van der Waals surface area (Å²) in [5, 5.41) is 19.4. The van der Waals surface area contributed by atoms with Crippen LogP contribution in [-0.2, 0) is 0 Å². The number of nitrogens with zero attached hydrogens (tertiary/aromatic N) is 4. The Kier molecular flexibility index (Phi) is 4.66. The summed E-state index contributed by atoms with van der Waals surface area (Å²) in [6, 6.07) is 0. The largest absolute Gasteiger partial charge is 0.246 e. The molecule has 1 rings (SSSR count). The average molecular weight is 109 g/mol. The summed E-state index contributed by atoms with van der Waals surface area (Å²) in [4.78, 5) is 0. The van der Waals surface area contributed by atoms with Crippen molar-refractivity contribution in [2.24, 2.45) is 0 Å². The van der Waals surface area contributed by atoms with Crippen LogP contribution in [0.2, 0.25) is 0 Å². The van der Waals surface area contributed by atoms with Crippen molar-refractivity contribution in [2.45, 2.75) is 0 Å². The van der Waals surface area contributed by atoms with Gasteiger partial charge in [0.1, 0.15) is 6.33 Å². The molecule has 1 aromatic heterocycles. The Hall–Kier alpha value is -1.38. The van der Waals surface area contributed by atoms with Gasteiger partial charge in [0.05, 0.1) is 0 Å². The van der Waals surface area contributed by atoms with Gasteiger partial charge in [-0.25, -0.2) is 10.4 Å². The van der Waals surface area contributed by atoms with E-state index >= 15 is 0 Å². The molecule has 0 aliphatic carbocycles. The van der Waals surface area contributed by atoms with Gasteiger partial charge < -0.3 is 0 Å². The molecule has 0 unspecified atom stereocenters. The molecule has 0 aliphatic heterocycles. The summed E-state index contributed by atoms with van der Waals surface area (Å²) < 4.78 is 0. The van der Waals surface area contributed by atoms with Crippen LogP contribution in [0.5, 0.6) is 0 Å². The lowest BCUT2D eigenvalue weighted by molar-refractivity contribution is 0.881. The molecule has 0 radical (unpaired) electrons. The highest BCUT2D eigenvalue weighted by Crippen LogP contribution is 1.43. The van der Waals surface area contributed by atoms with E-state index in [9.17, 15) is 0 Å². The highest BCUT2D eigenvalue weighted by molar-refractivity contribution is 6.20. The fourth-order valence-electron chi connectivity index (χ4n) is 0.129. The predicted molar refractivity (Wildman–Crippen MR) is 28.3 cm³/mol. The Morgan fingerprint density at radius 2 is 2.38 bits per heavy atom. The van der Waals surface area contributed by atoms with E-state index in [0.29, 0.717) is 0 Å². The molecule has 0 aromatic carbocycles. The summed E-state index contributed by atoms with van der Waals surface area (Å²) in [7, 11) is 1.43. The third-order valence-electron chi connectivity index (χ3n) is 0.270. The van der Waals surface area contributed by atoms with Crippen LogP contribution in [0.25, 0.3) is 0 Å². The van der Waals surface area contributed by atoms with Gasteiger partial charge in [-0.1, -0.05) is 0 Å². The fourth-order valence-corrected chi connectivity index (χ4v) is 0.129. The SMILES string of the molecule is BC#N.c1nnn[nH]1. The van der Waals surface area contributed by atoms with Crippen molar-refractivity contribution in [3.8, 4) is 5.97 Å². The summed E-state index contributed by atoms with van der Waals surface area (Å²) in [5.74, 6) is 1.75. The lowest BCUT2D eigenvalue weighted by atomic mass is 10.2. The average Bonchev–Trinajstić information content (AvgIpc) is 2.17. The van der Waals surface area contributed by atoms with Gasteiger partial charge in [-0.15, -0.1) is 5.10 Å². The molecular weight excluding hydrogens is 105 g/mol. The molecule has 0 aliphatic rings. The second-order valence-corrected chi connectivity index (χ2v) is 0.787. The van der Waals surface area contributed by atoms with E-state index < -0.39 is 0 Å². The highest BCUT2D eigenvalue weighted by atomic mass is 15.5. The van der Waals surface area contributed by atoms with Gasteiger partial charge in [-0.05, 0) is 16.4 Å². The summed E-state index contributed by atoms with van der Waals surface area (Å²) in [6.07, 6.45) is 1.40. The minimum atomic E-state index is 1.40. The molecule has 0 fully saturated rings. The van der Waals surface area contributed by atoms with Gasteiger partial charge in [0, 0.05) is 0 Å². The fraction of sp³-hybridized carbons (Fsp3) is 0. The number of nitriles is 1. The standard InChI is InChI=1S/CH2BN.CH2N4/c2-1-3;1-2-4-5-3-1/h2H2;1H,(H,2,3,4,5). The Morgan fingerprint density at radius 1 is 1.75 bits per heavy atom. The van der Waals surface area contributed by atoms with E-state index in [1.54, 1.807) is 5.97 Å². The number of tetrazole rings is 1. The van der Waals surface area contributed by atoms with Crippen LogP contribution in [0.3, 0.4) is 0 Å². The van der Waals surface area contributed by atoms with E-state index in [-0.39, 0.29) is 0 Å². The maximum absolute atomic E-state index is 7.32. The van der Waals surface area contributed by atoms with Crippen molar-refractivity contribution in [3.63, 3.8) is 0 Å². The number of nitrogens with one attached hydrogen (secondary N) is 1. The lowest BCUT2D eigenvalue weighted by Gasteiger charge is -1.42. The van der Waals surface area contributed by atoms with Crippen molar-refractivity contribution in [1.29, 1.82) is 5.26 Å². The number of rotatable bonds is 0. The van der Waals surface area contributed by atoms with Crippen LogP contribution in [-0.4, -0.2) is 28.5 Å². The molecule has 1 heterocycles. The highest BCUT2D eigenvalue weighted by Gasteiger charge is 1.58. The lowest BCUT2D eigenvalue weighted by Crippen LogP contribution is -1.64. The predicted octanol–water partition coefficient (Wildman–Crippen LogP) is -1.70. The van der Waals surface area contributed by atoms with Gasteiger partial charge in [0.2, 0.25) is 7.85 Å². The van der Waals surface area contributed by atoms with Crippen LogP contribution in [0.15, 0.2) is 6.33 Å². The minimum absolute atomic E-state index is 1.40. The van der Waals surface area contributed by atoms with Gasteiger partial charge in [0.25, 0.3) is 0 Å². The number of aromatic nitrogens is 4. The molecule has 8 heavy (non-hydrogen) atoms. The van der Waals surface area contributed by atoms with Crippen molar-refractivity contribution in [1.82, 2.24) is 20.6 Å². The van der Waals surface area contributed by atoms with E-state index in [1.165, 1.54) is 14.2 Å². The second-order valence-electron chi connectivity index (χ2n) is 0.787. The van der Waals surface area contributed by atoms with Gasteiger partial charge in [-0.2, -0.15) is 0 Å². The molecule has 5 nitrogen and oxygen atoms in total. The summed E-state index contributed by atoms with van der Waals surface area (Å²) in [5.41, 5.74) is 0. The van der Waals surface area contributed by atoms with Crippen LogP contribution in [0.1, 0.15) is 0 Å². The number of hydrogen-bond acceptors (Lipinski definition) is 4. The van der Waals surface area contributed by atoms with Crippen molar-refractivity contribution in [2.75, 3.05) is 0 Å². The van der Waals surface area contributed by atoms with Crippen molar-refractivity contribution < 1.29 is 0 Å². The van der Waals surface area contributed by atoms with Crippen molar-refractivity contribution in [3.05, 3.63) is 6.33 Å². The van der Waals surface area contributed by atoms with Crippen molar-refractivity contribution >= 4 is 7.85 Å². The quantitative estimate of drug-likeness (QED) is 0.402. The number of hydrogen-bond donors (Lipinski definition) is 1. The molecule has 1 aromatic rings. The first kappa shape index (κ1) is 6.62. The zero-order chi connectivity index (χ0) is 6.24. The number of H-pyrrole nitrogens is 1. The maximum Gasteiger partial charge on any atom is 0.232 e.